The molecular weight excluding hydrogens is 458 g/mol. The number of nitrogens with one attached hydrogen (secondary N) is 1. The molecule has 9 heteroatoms. The van der Waals surface area contributed by atoms with Crippen LogP contribution in [0.3, 0.4) is 0 Å². The lowest BCUT2D eigenvalue weighted by molar-refractivity contribution is 0.324. The predicted octanol–water partition coefficient (Wildman–Crippen LogP) is 4.71. The summed E-state index contributed by atoms with van der Waals surface area (Å²) in [6, 6.07) is 13.1. The monoisotopic (exact) mass is 485 g/mol. The van der Waals surface area contributed by atoms with Gasteiger partial charge in [-0.2, -0.15) is 0 Å². The van der Waals surface area contributed by atoms with Crippen molar-refractivity contribution >= 4 is 27.9 Å². The number of ether oxygens (including phenoxy) is 4. The third-order valence-electron chi connectivity index (χ3n) is 5.10. The van der Waals surface area contributed by atoms with Gasteiger partial charge in [-0.25, -0.2) is 8.42 Å². The first kappa shape index (κ1) is 24.8. The van der Waals surface area contributed by atoms with Crippen molar-refractivity contribution in [2.75, 3.05) is 33.2 Å². The molecule has 0 heterocycles. The van der Waals surface area contributed by atoms with Gasteiger partial charge in [0.1, 0.15) is 5.69 Å². The normalized spacial score (nSPS) is 11.3. The number of aromatic hydroxyl groups is 1. The minimum atomic E-state index is -3.97. The Kier molecular flexibility index (Phi) is 7.57. The summed E-state index contributed by atoms with van der Waals surface area (Å²) in [5.41, 5.74) is 2.04. The zero-order chi connectivity index (χ0) is 24.9. The van der Waals surface area contributed by atoms with Crippen LogP contribution in [0.5, 0.6) is 28.7 Å². The van der Waals surface area contributed by atoms with Crippen molar-refractivity contribution < 1.29 is 32.5 Å². The third-order valence-corrected chi connectivity index (χ3v) is 6.47. The number of hydrogen-bond donors (Lipinski definition) is 2. The van der Waals surface area contributed by atoms with Gasteiger partial charge in [0.15, 0.2) is 23.0 Å². The van der Waals surface area contributed by atoms with Crippen molar-refractivity contribution in [1.29, 1.82) is 0 Å². The summed E-state index contributed by atoms with van der Waals surface area (Å²) in [4.78, 5) is 0.0693. The van der Waals surface area contributed by atoms with Gasteiger partial charge in [0, 0.05) is 5.56 Å². The second-order valence-electron chi connectivity index (χ2n) is 7.29. The lowest BCUT2D eigenvalue weighted by Gasteiger charge is -2.15. The van der Waals surface area contributed by atoms with E-state index >= 15 is 0 Å². The molecule has 0 aliphatic heterocycles. The van der Waals surface area contributed by atoms with Crippen LogP contribution in [0, 0.1) is 6.92 Å². The fraction of sp³-hybridized carbons (Fsp3) is 0.200. The van der Waals surface area contributed by atoms with Crippen LogP contribution in [0.15, 0.2) is 53.4 Å². The van der Waals surface area contributed by atoms with E-state index in [2.05, 4.69) is 4.72 Å². The maximum atomic E-state index is 13.0. The molecule has 180 valence electrons. The molecule has 0 radical (unpaired) electrons. The van der Waals surface area contributed by atoms with Crippen LogP contribution < -0.4 is 23.7 Å². The van der Waals surface area contributed by atoms with E-state index in [1.165, 1.54) is 40.6 Å². The highest BCUT2D eigenvalue weighted by Gasteiger charge is 2.20. The number of sulfonamides is 1. The van der Waals surface area contributed by atoms with Crippen molar-refractivity contribution in [1.82, 2.24) is 0 Å². The summed E-state index contributed by atoms with van der Waals surface area (Å²) < 4.78 is 49.8. The summed E-state index contributed by atoms with van der Waals surface area (Å²) in [5, 5.41) is 10.7. The fourth-order valence-corrected chi connectivity index (χ4v) is 4.39. The average Bonchev–Trinajstić information content (AvgIpc) is 2.83. The van der Waals surface area contributed by atoms with Gasteiger partial charge in [0.25, 0.3) is 10.0 Å². The first-order valence-corrected chi connectivity index (χ1v) is 11.7. The maximum absolute atomic E-state index is 13.0. The van der Waals surface area contributed by atoms with E-state index in [0.717, 1.165) is 5.56 Å². The Balaban J connectivity index is 2.05. The van der Waals surface area contributed by atoms with E-state index in [4.69, 9.17) is 18.9 Å². The van der Waals surface area contributed by atoms with Crippen molar-refractivity contribution in [3.8, 4) is 28.7 Å². The Morgan fingerprint density at radius 3 is 1.91 bits per heavy atom. The minimum Gasteiger partial charge on any atom is -0.503 e. The lowest BCUT2D eigenvalue weighted by Crippen LogP contribution is -2.14. The molecule has 0 saturated heterocycles. The highest BCUT2D eigenvalue weighted by molar-refractivity contribution is 7.92. The number of phenolic OH excluding ortho intramolecular Hbond substituents is 1. The summed E-state index contributed by atoms with van der Waals surface area (Å²) in [6.45, 7) is 1.86. The first-order chi connectivity index (χ1) is 16.2. The molecule has 0 spiro atoms. The maximum Gasteiger partial charge on any atom is 0.262 e. The Morgan fingerprint density at radius 1 is 0.794 bits per heavy atom. The lowest BCUT2D eigenvalue weighted by atomic mass is 10.1. The molecule has 34 heavy (non-hydrogen) atoms. The number of anilines is 1. The second kappa shape index (κ2) is 10.4. The number of rotatable bonds is 9. The predicted molar refractivity (Wildman–Crippen MR) is 132 cm³/mol. The summed E-state index contributed by atoms with van der Waals surface area (Å²) >= 11 is 0. The van der Waals surface area contributed by atoms with Gasteiger partial charge >= 0.3 is 0 Å². The number of hydrogen-bond acceptors (Lipinski definition) is 7. The van der Waals surface area contributed by atoms with Crippen molar-refractivity contribution in [2.24, 2.45) is 0 Å². The second-order valence-corrected chi connectivity index (χ2v) is 8.97. The SMILES string of the molecule is COc1ccc(C=Cc2cc(OC)c(OC)c(OC)c2)c(NS(=O)(=O)c2ccc(C)cc2)c1O. The molecule has 0 amide bonds. The standard InChI is InChI=1S/C25H27NO7S/c1-16-6-11-19(12-7-16)34(28,29)26-23-18(10-13-20(30-2)24(23)27)9-8-17-14-21(31-3)25(33-5)22(15-17)32-4/h6-15,26-27H,1-5H3. The van der Waals surface area contributed by atoms with E-state index in [0.29, 0.717) is 28.4 Å². The molecule has 3 rings (SSSR count). The zero-order valence-electron chi connectivity index (χ0n) is 19.6. The molecule has 8 nitrogen and oxygen atoms in total. The number of aryl methyl sites for hydroxylation is 1. The molecule has 0 aliphatic rings. The Labute approximate surface area is 199 Å². The largest absolute Gasteiger partial charge is 0.503 e. The van der Waals surface area contributed by atoms with Crippen LogP contribution in [0.4, 0.5) is 5.69 Å². The van der Waals surface area contributed by atoms with Crippen LogP contribution in [-0.2, 0) is 10.0 Å². The molecule has 0 saturated carbocycles. The van der Waals surface area contributed by atoms with Gasteiger partial charge < -0.3 is 24.1 Å². The van der Waals surface area contributed by atoms with Crippen LogP contribution in [0.1, 0.15) is 16.7 Å². The molecule has 0 aromatic heterocycles. The Morgan fingerprint density at radius 2 is 1.38 bits per heavy atom. The molecule has 3 aromatic carbocycles. The van der Waals surface area contributed by atoms with E-state index in [-0.39, 0.29) is 22.1 Å². The average molecular weight is 486 g/mol. The smallest absolute Gasteiger partial charge is 0.262 e. The zero-order valence-corrected chi connectivity index (χ0v) is 20.4. The highest BCUT2D eigenvalue weighted by atomic mass is 32.2. The van der Waals surface area contributed by atoms with Crippen molar-refractivity contribution in [3.63, 3.8) is 0 Å². The Hall–Kier alpha value is -3.85. The van der Waals surface area contributed by atoms with E-state index in [9.17, 15) is 13.5 Å². The summed E-state index contributed by atoms with van der Waals surface area (Å²) in [7, 11) is 1.97. The number of phenols is 1. The summed E-state index contributed by atoms with van der Waals surface area (Å²) in [5.74, 6) is 1.20. The quantitative estimate of drug-likeness (QED) is 0.334. The van der Waals surface area contributed by atoms with E-state index in [1.54, 1.807) is 48.6 Å². The van der Waals surface area contributed by atoms with Gasteiger partial charge in [-0.15, -0.1) is 0 Å². The number of methoxy groups -OCH3 is 4. The van der Waals surface area contributed by atoms with E-state index in [1.807, 2.05) is 6.92 Å². The van der Waals surface area contributed by atoms with Crippen LogP contribution in [-0.4, -0.2) is 42.0 Å². The molecule has 0 unspecified atom stereocenters. The molecule has 0 bridgehead atoms. The molecule has 0 fully saturated rings. The topological polar surface area (TPSA) is 103 Å². The molecule has 0 atom stereocenters. The summed E-state index contributed by atoms with van der Waals surface area (Å²) in [6.07, 6.45) is 3.39. The third kappa shape index (κ3) is 5.20. The highest BCUT2D eigenvalue weighted by Crippen LogP contribution is 2.41. The molecular formula is C25H27NO7S. The van der Waals surface area contributed by atoms with Crippen LogP contribution >= 0.6 is 0 Å². The van der Waals surface area contributed by atoms with Gasteiger partial charge in [-0.1, -0.05) is 29.8 Å². The van der Waals surface area contributed by atoms with E-state index < -0.39 is 10.0 Å². The van der Waals surface area contributed by atoms with Gasteiger partial charge in [0.2, 0.25) is 5.75 Å². The van der Waals surface area contributed by atoms with Crippen LogP contribution in [0.25, 0.3) is 12.2 Å². The minimum absolute atomic E-state index is 0.0105. The molecule has 0 aliphatic carbocycles. The molecule has 2 N–H and O–H groups in total. The van der Waals surface area contributed by atoms with Gasteiger partial charge in [-0.3, -0.25) is 4.72 Å². The van der Waals surface area contributed by atoms with Gasteiger partial charge in [0.05, 0.1) is 33.3 Å². The molecule has 3 aromatic rings. The first-order valence-electron chi connectivity index (χ1n) is 10.2. The Bertz CT molecular complexity index is 1270. The number of benzene rings is 3. The van der Waals surface area contributed by atoms with Gasteiger partial charge in [-0.05, 0) is 48.9 Å². The van der Waals surface area contributed by atoms with Crippen molar-refractivity contribution in [3.05, 3.63) is 65.2 Å². The van der Waals surface area contributed by atoms with Crippen molar-refractivity contribution in [2.45, 2.75) is 11.8 Å². The van der Waals surface area contributed by atoms with Crippen LogP contribution in [0.2, 0.25) is 0 Å². The fourth-order valence-electron chi connectivity index (χ4n) is 3.29.